The van der Waals surface area contributed by atoms with Gasteiger partial charge in [-0.3, -0.25) is 9.78 Å². The maximum Gasteiger partial charge on any atom is 0.227 e. The number of unbranched alkanes of at least 4 members (excludes halogenated alkanes) is 4. The molecule has 32 heavy (non-hydrogen) atoms. The second-order valence-electron chi connectivity index (χ2n) is 9.09. The molecule has 1 amide bonds. The van der Waals surface area contributed by atoms with Gasteiger partial charge in [-0.1, -0.05) is 45.6 Å². The van der Waals surface area contributed by atoms with E-state index in [1.165, 1.54) is 32.1 Å². The first-order valence-electron chi connectivity index (χ1n) is 12.2. The molecule has 0 radical (unpaired) electrons. The Balaban J connectivity index is 1.61. The molecule has 1 aliphatic rings. The van der Waals surface area contributed by atoms with Crippen LogP contribution < -0.4 is 10.1 Å². The third-order valence-electron chi connectivity index (χ3n) is 6.94. The van der Waals surface area contributed by atoms with Crippen molar-refractivity contribution in [3.8, 4) is 5.75 Å². The van der Waals surface area contributed by atoms with E-state index in [-0.39, 0.29) is 11.8 Å². The molecule has 0 spiro atoms. The van der Waals surface area contributed by atoms with Crippen LogP contribution in [0.5, 0.6) is 5.75 Å². The molecule has 3 atom stereocenters. The number of anilines is 1. The summed E-state index contributed by atoms with van der Waals surface area (Å²) >= 11 is 0. The number of benzene rings is 1. The Hall–Kier alpha value is -2.40. The topological polar surface area (TPSA) is 54.5 Å². The highest BCUT2D eigenvalue weighted by Crippen LogP contribution is 2.33. The number of rotatable bonds is 11. The van der Waals surface area contributed by atoms with Gasteiger partial charge in [0.1, 0.15) is 5.75 Å². The van der Waals surface area contributed by atoms with Gasteiger partial charge in [0.15, 0.2) is 0 Å². The molecule has 174 valence electrons. The Kier molecular flexibility index (Phi) is 9.10. The maximum atomic E-state index is 13.2. The minimum atomic E-state index is -0.0847. The highest BCUT2D eigenvalue weighted by molar-refractivity contribution is 6.02. The molecule has 5 nitrogen and oxygen atoms in total. The number of ether oxygens (including phenoxy) is 1. The van der Waals surface area contributed by atoms with E-state index < -0.39 is 0 Å². The fourth-order valence-corrected chi connectivity index (χ4v) is 4.89. The van der Waals surface area contributed by atoms with Crippen LogP contribution in [0.1, 0.15) is 52.4 Å². The van der Waals surface area contributed by atoms with E-state index in [2.05, 4.69) is 41.7 Å². The molecule has 2 aromatic rings. The number of pyridine rings is 1. The Morgan fingerprint density at radius 1 is 1.31 bits per heavy atom. The monoisotopic (exact) mass is 437 g/mol. The fraction of sp³-hybridized carbons (Fsp3) is 0.556. The number of carbonyl (C=O) groups is 1. The minimum Gasteiger partial charge on any atom is -0.497 e. The summed E-state index contributed by atoms with van der Waals surface area (Å²) in [6.45, 7) is 11.6. The average Bonchev–Trinajstić information content (AvgIpc) is 2.83. The van der Waals surface area contributed by atoms with Gasteiger partial charge in [0, 0.05) is 24.0 Å². The molecule has 2 heterocycles. The molecule has 3 rings (SSSR count). The van der Waals surface area contributed by atoms with Crippen molar-refractivity contribution in [1.29, 1.82) is 0 Å². The van der Waals surface area contributed by atoms with Gasteiger partial charge in [-0.05, 0) is 62.0 Å². The van der Waals surface area contributed by atoms with Gasteiger partial charge in [0.05, 0.1) is 18.3 Å². The van der Waals surface area contributed by atoms with Crippen LogP contribution in [0.4, 0.5) is 5.69 Å². The lowest BCUT2D eigenvalue weighted by Gasteiger charge is -2.39. The number of piperidine rings is 1. The predicted octanol–water partition coefficient (Wildman–Crippen LogP) is 5.91. The number of hydrogen-bond donors (Lipinski definition) is 1. The van der Waals surface area contributed by atoms with Crippen molar-refractivity contribution in [2.45, 2.75) is 52.4 Å². The summed E-state index contributed by atoms with van der Waals surface area (Å²) in [6, 6.07) is 7.58. The van der Waals surface area contributed by atoms with Gasteiger partial charge in [-0.15, -0.1) is 6.58 Å². The van der Waals surface area contributed by atoms with Crippen LogP contribution in [0.3, 0.4) is 0 Å². The fourth-order valence-electron chi connectivity index (χ4n) is 4.89. The molecule has 0 aliphatic carbocycles. The molecule has 1 fully saturated rings. The average molecular weight is 438 g/mol. The van der Waals surface area contributed by atoms with Crippen LogP contribution in [-0.2, 0) is 4.79 Å². The standard InChI is InChI=1S/C27H39N3O2/c1-5-7-8-9-10-16-30-17-14-23(21(6-2)19-30)20(3)27(31)29-26-13-15-28-25-12-11-22(32-4)18-24(25)26/h6,11-13,15,18,20-21,23H,2,5,7-10,14,16-17,19H2,1,3-4H3,(H,28,29,31)/t20?,21-,23-/m0/s1. The first-order chi connectivity index (χ1) is 15.6. The maximum absolute atomic E-state index is 13.2. The van der Waals surface area contributed by atoms with E-state index in [0.29, 0.717) is 11.8 Å². The number of nitrogens with one attached hydrogen (secondary N) is 1. The summed E-state index contributed by atoms with van der Waals surface area (Å²) in [5, 5.41) is 4.05. The van der Waals surface area contributed by atoms with E-state index in [9.17, 15) is 4.79 Å². The molecule has 1 aromatic carbocycles. The minimum absolute atomic E-state index is 0.0604. The van der Waals surface area contributed by atoms with Crippen LogP contribution in [0.2, 0.25) is 0 Å². The van der Waals surface area contributed by atoms with E-state index in [4.69, 9.17) is 4.74 Å². The number of hydrogen-bond acceptors (Lipinski definition) is 4. The molecular formula is C27H39N3O2. The molecule has 1 aliphatic heterocycles. The molecular weight excluding hydrogens is 398 g/mol. The normalized spacial score (nSPS) is 20.1. The first kappa shape index (κ1) is 24.2. The lowest BCUT2D eigenvalue weighted by molar-refractivity contribution is -0.122. The lowest BCUT2D eigenvalue weighted by atomic mass is 9.77. The van der Waals surface area contributed by atoms with Crippen molar-refractivity contribution in [2.24, 2.45) is 17.8 Å². The summed E-state index contributed by atoms with van der Waals surface area (Å²) in [4.78, 5) is 20.2. The molecule has 1 aromatic heterocycles. The van der Waals surface area contributed by atoms with Gasteiger partial charge in [0.2, 0.25) is 5.91 Å². The highest BCUT2D eigenvalue weighted by Gasteiger charge is 2.34. The molecule has 5 heteroatoms. The zero-order chi connectivity index (χ0) is 22.9. The van der Waals surface area contributed by atoms with Gasteiger partial charge in [-0.25, -0.2) is 0 Å². The summed E-state index contributed by atoms with van der Waals surface area (Å²) in [7, 11) is 1.64. The van der Waals surface area contributed by atoms with Crippen molar-refractivity contribution < 1.29 is 9.53 Å². The second-order valence-corrected chi connectivity index (χ2v) is 9.09. The van der Waals surface area contributed by atoms with Crippen LogP contribution in [-0.4, -0.2) is 42.5 Å². The zero-order valence-electron chi connectivity index (χ0n) is 20.0. The lowest BCUT2D eigenvalue weighted by Crippen LogP contribution is -2.44. The number of aromatic nitrogens is 1. The summed E-state index contributed by atoms with van der Waals surface area (Å²) in [5.74, 6) is 1.38. The second kappa shape index (κ2) is 12.0. The van der Waals surface area contributed by atoms with Crippen molar-refractivity contribution in [1.82, 2.24) is 9.88 Å². The van der Waals surface area contributed by atoms with E-state index in [1.807, 2.05) is 24.3 Å². The Morgan fingerprint density at radius 2 is 2.12 bits per heavy atom. The largest absolute Gasteiger partial charge is 0.497 e. The number of nitrogens with zero attached hydrogens (tertiary/aromatic N) is 2. The first-order valence-corrected chi connectivity index (χ1v) is 12.2. The number of amides is 1. The summed E-state index contributed by atoms with van der Waals surface area (Å²) in [5.41, 5.74) is 1.62. The molecule has 1 N–H and O–H groups in total. The molecule has 1 unspecified atom stereocenters. The zero-order valence-corrected chi connectivity index (χ0v) is 20.0. The summed E-state index contributed by atoms with van der Waals surface area (Å²) < 4.78 is 5.35. The van der Waals surface area contributed by atoms with Gasteiger partial charge < -0.3 is 15.0 Å². The van der Waals surface area contributed by atoms with E-state index >= 15 is 0 Å². The number of likely N-dealkylation sites (tertiary alicyclic amines) is 1. The van der Waals surface area contributed by atoms with Gasteiger partial charge >= 0.3 is 0 Å². The SMILES string of the molecule is C=C[C@H]1CN(CCCCCCC)CC[C@H]1C(C)C(=O)Nc1ccnc2ccc(OC)cc12. The number of carbonyl (C=O) groups excluding carboxylic acids is 1. The smallest absolute Gasteiger partial charge is 0.227 e. The third-order valence-corrected chi connectivity index (χ3v) is 6.94. The highest BCUT2D eigenvalue weighted by atomic mass is 16.5. The van der Waals surface area contributed by atoms with Crippen LogP contribution in [0.25, 0.3) is 10.9 Å². The quantitative estimate of drug-likeness (QED) is 0.351. The van der Waals surface area contributed by atoms with Crippen LogP contribution in [0.15, 0.2) is 43.1 Å². The Bertz CT molecular complexity index is 898. The summed E-state index contributed by atoms with van der Waals surface area (Å²) in [6.07, 6.45) is 11.4. The number of fused-ring (bicyclic) bond motifs is 1. The van der Waals surface area contributed by atoms with E-state index in [0.717, 1.165) is 48.4 Å². The molecule has 1 saturated heterocycles. The van der Waals surface area contributed by atoms with Crippen LogP contribution in [0, 0.1) is 17.8 Å². The molecule has 0 bridgehead atoms. The number of methoxy groups -OCH3 is 1. The Morgan fingerprint density at radius 3 is 2.88 bits per heavy atom. The van der Waals surface area contributed by atoms with Crippen molar-refractivity contribution in [3.05, 3.63) is 43.1 Å². The van der Waals surface area contributed by atoms with Crippen molar-refractivity contribution in [3.63, 3.8) is 0 Å². The predicted molar refractivity (Wildman–Crippen MR) is 133 cm³/mol. The van der Waals surface area contributed by atoms with E-state index in [1.54, 1.807) is 13.3 Å². The van der Waals surface area contributed by atoms with Gasteiger partial charge in [-0.2, -0.15) is 0 Å². The van der Waals surface area contributed by atoms with Crippen LogP contribution >= 0.6 is 0 Å². The molecule has 0 saturated carbocycles. The van der Waals surface area contributed by atoms with Crippen molar-refractivity contribution in [2.75, 3.05) is 32.1 Å². The van der Waals surface area contributed by atoms with Crippen molar-refractivity contribution >= 4 is 22.5 Å². The van der Waals surface area contributed by atoms with Gasteiger partial charge in [0.25, 0.3) is 0 Å². The Labute approximate surface area is 193 Å². The third kappa shape index (κ3) is 6.10.